The van der Waals surface area contributed by atoms with Gasteiger partial charge in [-0.2, -0.15) is 0 Å². The lowest BCUT2D eigenvalue weighted by Crippen LogP contribution is -2.28. The molecule has 100 valence electrons. The smallest absolute Gasteiger partial charge is 0.238 e. The van der Waals surface area contributed by atoms with E-state index in [1.165, 1.54) is 0 Å². The summed E-state index contributed by atoms with van der Waals surface area (Å²) < 4.78 is 5.04. The van der Waals surface area contributed by atoms with Crippen LogP contribution in [0.4, 0.5) is 5.69 Å². The van der Waals surface area contributed by atoms with E-state index in [9.17, 15) is 4.79 Å². The molecule has 1 amide bonds. The summed E-state index contributed by atoms with van der Waals surface area (Å²) >= 11 is 5.97. The van der Waals surface area contributed by atoms with Crippen LogP contribution < -0.4 is 15.4 Å². The molecule has 18 heavy (non-hydrogen) atoms. The van der Waals surface area contributed by atoms with E-state index in [1.54, 1.807) is 25.3 Å². The number of ether oxygens (including phenoxy) is 1. The standard InChI is InChI=1S/C13H19ClN2O2/c1-3-4-7-15-9-13(17)16-10-5-6-12(18-2)11(14)8-10/h5-6,8,15H,3-4,7,9H2,1-2H3,(H,16,17). The molecule has 0 saturated heterocycles. The van der Waals surface area contributed by atoms with Crippen molar-refractivity contribution in [3.8, 4) is 5.75 Å². The van der Waals surface area contributed by atoms with E-state index in [1.807, 2.05) is 0 Å². The third-order valence-electron chi connectivity index (χ3n) is 2.43. The molecule has 0 heterocycles. The van der Waals surface area contributed by atoms with Gasteiger partial charge in [-0.15, -0.1) is 0 Å². The van der Waals surface area contributed by atoms with Crippen LogP contribution in [0.3, 0.4) is 0 Å². The molecule has 0 aliphatic heterocycles. The molecule has 0 aliphatic carbocycles. The van der Waals surface area contributed by atoms with E-state index >= 15 is 0 Å². The van der Waals surface area contributed by atoms with E-state index < -0.39 is 0 Å². The van der Waals surface area contributed by atoms with E-state index in [2.05, 4.69) is 17.6 Å². The summed E-state index contributed by atoms with van der Waals surface area (Å²) in [5, 5.41) is 6.32. The second-order valence-corrected chi connectivity index (χ2v) is 4.34. The van der Waals surface area contributed by atoms with Crippen molar-refractivity contribution in [3.63, 3.8) is 0 Å². The molecule has 0 atom stereocenters. The average molecular weight is 271 g/mol. The number of unbranched alkanes of at least 4 members (excludes halogenated alkanes) is 1. The number of carbonyl (C=O) groups is 1. The summed E-state index contributed by atoms with van der Waals surface area (Å²) in [4.78, 5) is 11.6. The predicted molar refractivity (Wildman–Crippen MR) is 74.4 cm³/mol. The number of amides is 1. The molecule has 0 radical (unpaired) electrons. The van der Waals surface area contributed by atoms with Gasteiger partial charge in [0.05, 0.1) is 18.7 Å². The minimum Gasteiger partial charge on any atom is -0.495 e. The molecule has 2 N–H and O–H groups in total. The number of carbonyl (C=O) groups excluding carboxylic acids is 1. The molecule has 0 bridgehead atoms. The fraction of sp³-hybridized carbons (Fsp3) is 0.462. The van der Waals surface area contributed by atoms with Gasteiger partial charge in [-0.1, -0.05) is 24.9 Å². The van der Waals surface area contributed by atoms with Gasteiger partial charge in [0.15, 0.2) is 0 Å². The van der Waals surface area contributed by atoms with Crippen molar-refractivity contribution in [1.29, 1.82) is 0 Å². The molecular weight excluding hydrogens is 252 g/mol. The van der Waals surface area contributed by atoms with Gasteiger partial charge in [-0.05, 0) is 31.2 Å². The lowest BCUT2D eigenvalue weighted by Gasteiger charge is -2.08. The highest BCUT2D eigenvalue weighted by molar-refractivity contribution is 6.32. The number of hydrogen-bond acceptors (Lipinski definition) is 3. The number of anilines is 1. The Morgan fingerprint density at radius 3 is 2.83 bits per heavy atom. The molecular formula is C13H19ClN2O2. The third-order valence-corrected chi connectivity index (χ3v) is 2.72. The van der Waals surface area contributed by atoms with Crippen molar-refractivity contribution < 1.29 is 9.53 Å². The summed E-state index contributed by atoms with van der Waals surface area (Å²) in [5.74, 6) is 0.517. The summed E-state index contributed by atoms with van der Waals surface area (Å²) in [6, 6.07) is 5.15. The first-order chi connectivity index (χ1) is 8.67. The van der Waals surface area contributed by atoms with Crippen LogP contribution in [0.2, 0.25) is 5.02 Å². The SMILES string of the molecule is CCCCNCC(=O)Nc1ccc(OC)c(Cl)c1. The highest BCUT2D eigenvalue weighted by Crippen LogP contribution is 2.26. The Morgan fingerprint density at radius 2 is 2.22 bits per heavy atom. The maximum absolute atomic E-state index is 11.6. The van der Waals surface area contributed by atoms with Gasteiger partial charge in [-0.25, -0.2) is 0 Å². The molecule has 0 aliphatic rings. The molecule has 0 aromatic heterocycles. The normalized spacial score (nSPS) is 10.2. The van der Waals surface area contributed by atoms with Gasteiger partial charge >= 0.3 is 0 Å². The zero-order valence-electron chi connectivity index (χ0n) is 10.8. The fourth-order valence-corrected chi connectivity index (χ4v) is 1.71. The summed E-state index contributed by atoms with van der Waals surface area (Å²) in [5.41, 5.74) is 0.670. The Balaban J connectivity index is 2.42. The Labute approximate surface area is 113 Å². The van der Waals surface area contributed by atoms with Crippen LogP contribution in [0.15, 0.2) is 18.2 Å². The van der Waals surface area contributed by atoms with Crippen LogP contribution in [0, 0.1) is 0 Å². The van der Waals surface area contributed by atoms with Crippen molar-refractivity contribution in [1.82, 2.24) is 5.32 Å². The van der Waals surface area contributed by atoms with Crippen LogP contribution in [-0.2, 0) is 4.79 Å². The van der Waals surface area contributed by atoms with E-state index in [4.69, 9.17) is 16.3 Å². The van der Waals surface area contributed by atoms with Crippen molar-refractivity contribution in [3.05, 3.63) is 23.2 Å². The maximum Gasteiger partial charge on any atom is 0.238 e. The van der Waals surface area contributed by atoms with Gasteiger partial charge in [0.1, 0.15) is 5.75 Å². The lowest BCUT2D eigenvalue weighted by atomic mass is 10.3. The van der Waals surface area contributed by atoms with Crippen LogP contribution in [0.5, 0.6) is 5.75 Å². The molecule has 1 aromatic carbocycles. The first-order valence-electron chi connectivity index (χ1n) is 6.01. The minimum atomic E-state index is -0.0765. The van der Waals surface area contributed by atoms with Crippen LogP contribution in [0.25, 0.3) is 0 Å². The van der Waals surface area contributed by atoms with Crippen molar-refractivity contribution >= 4 is 23.2 Å². The number of nitrogens with one attached hydrogen (secondary N) is 2. The highest BCUT2D eigenvalue weighted by atomic mass is 35.5. The number of benzene rings is 1. The van der Waals surface area contributed by atoms with Gasteiger partial charge in [0.2, 0.25) is 5.91 Å². The highest BCUT2D eigenvalue weighted by Gasteiger charge is 2.05. The van der Waals surface area contributed by atoms with Gasteiger partial charge in [0.25, 0.3) is 0 Å². The quantitative estimate of drug-likeness (QED) is 0.749. The molecule has 0 spiro atoms. The van der Waals surface area contributed by atoms with Crippen molar-refractivity contribution in [2.24, 2.45) is 0 Å². The number of hydrogen-bond donors (Lipinski definition) is 2. The zero-order valence-corrected chi connectivity index (χ0v) is 11.5. The number of rotatable bonds is 7. The Kier molecular flexibility index (Phi) is 6.54. The Hall–Kier alpha value is -1.26. The lowest BCUT2D eigenvalue weighted by molar-refractivity contribution is -0.115. The second kappa shape index (κ2) is 7.95. The fourth-order valence-electron chi connectivity index (χ4n) is 1.45. The average Bonchev–Trinajstić information content (AvgIpc) is 2.35. The molecule has 4 nitrogen and oxygen atoms in total. The van der Waals surface area contributed by atoms with E-state index in [-0.39, 0.29) is 5.91 Å². The summed E-state index contributed by atoms with van der Waals surface area (Å²) in [6.45, 7) is 3.28. The molecule has 1 rings (SSSR count). The Bertz CT molecular complexity index is 397. The van der Waals surface area contributed by atoms with E-state index in [0.29, 0.717) is 23.0 Å². The monoisotopic (exact) mass is 270 g/mol. The summed E-state index contributed by atoms with van der Waals surface area (Å²) in [6.07, 6.45) is 2.18. The van der Waals surface area contributed by atoms with Gasteiger partial charge < -0.3 is 15.4 Å². The topological polar surface area (TPSA) is 50.4 Å². The maximum atomic E-state index is 11.6. The third kappa shape index (κ3) is 4.94. The van der Waals surface area contributed by atoms with Crippen LogP contribution in [0.1, 0.15) is 19.8 Å². The van der Waals surface area contributed by atoms with Gasteiger partial charge in [-0.3, -0.25) is 4.79 Å². The van der Waals surface area contributed by atoms with Crippen LogP contribution >= 0.6 is 11.6 Å². The molecule has 0 fully saturated rings. The number of halogens is 1. The largest absolute Gasteiger partial charge is 0.495 e. The van der Waals surface area contributed by atoms with Crippen molar-refractivity contribution in [2.45, 2.75) is 19.8 Å². The number of methoxy groups -OCH3 is 1. The molecule has 0 unspecified atom stereocenters. The minimum absolute atomic E-state index is 0.0765. The first-order valence-corrected chi connectivity index (χ1v) is 6.39. The first kappa shape index (κ1) is 14.8. The molecule has 0 saturated carbocycles. The molecule has 5 heteroatoms. The molecule has 1 aromatic rings. The van der Waals surface area contributed by atoms with Gasteiger partial charge in [0, 0.05) is 5.69 Å². The second-order valence-electron chi connectivity index (χ2n) is 3.93. The van der Waals surface area contributed by atoms with Crippen LogP contribution in [-0.4, -0.2) is 26.1 Å². The van der Waals surface area contributed by atoms with E-state index in [0.717, 1.165) is 19.4 Å². The Morgan fingerprint density at radius 1 is 1.44 bits per heavy atom. The summed E-state index contributed by atoms with van der Waals surface area (Å²) in [7, 11) is 1.55. The zero-order chi connectivity index (χ0) is 13.4. The van der Waals surface area contributed by atoms with Crippen molar-refractivity contribution in [2.75, 3.05) is 25.5 Å². The predicted octanol–water partition coefficient (Wildman–Crippen LogP) is 2.68.